The third-order valence-corrected chi connectivity index (χ3v) is 31.4. The second-order valence-corrected chi connectivity index (χ2v) is 43.0. The van der Waals surface area contributed by atoms with Gasteiger partial charge < -0.3 is 33.9 Å². The van der Waals surface area contributed by atoms with Crippen LogP contribution in [0.4, 0.5) is 41.4 Å². The molecule has 25 nitrogen and oxygen atoms in total. The zero-order chi connectivity index (χ0) is 103. The number of nitrogens with one attached hydrogen (secondary N) is 1. The lowest BCUT2D eigenvalue weighted by Gasteiger charge is -2.23. The van der Waals surface area contributed by atoms with Crippen LogP contribution < -0.4 is 33.2 Å². The fraction of sp³-hybridized carbons (Fsp3) is 0.198. The smallest absolute Gasteiger partial charge is 0.535 e. The Morgan fingerprint density at radius 1 is 0.504 bits per heavy atom. The van der Waals surface area contributed by atoms with Gasteiger partial charge in [-0.25, -0.2) is 68.7 Å². The van der Waals surface area contributed by atoms with Gasteiger partial charge in [0.25, 0.3) is 25.0 Å². The molecule has 1 saturated heterocycles. The van der Waals surface area contributed by atoms with Crippen LogP contribution in [0, 0.1) is 41.5 Å². The number of aromatic nitrogens is 7. The monoisotopic (exact) mass is 2170 g/mol. The summed E-state index contributed by atoms with van der Waals surface area (Å²) in [4.78, 5) is 52.8. The number of thiazole rings is 3. The van der Waals surface area contributed by atoms with E-state index >= 15 is 0 Å². The molecule has 0 aliphatic carbocycles. The van der Waals surface area contributed by atoms with Crippen molar-refractivity contribution in [1.82, 2.24) is 43.7 Å². The number of nitrogens with zero attached hydrogens (tertiary/aromatic N) is 10. The molecule has 0 atom stereocenters. The Balaban J connectivity index is 0.000000162. The molecule has 141 heavy (non-hydrogen) atoms. The molecule has 0 saturated carbocycles. The number of aryl methyl sites for hydroxylation is 6. The summed E-state index contributed by atoms with van der Waals surface area (Å²) >= 11 is 35.0. The van der Waals surface area contributed by atoms with Crippen LogP contribution in [0.1, 0.15) is 80.1 Å². The first-order chi connectivity index (χ1) is 66.7. The van der Waals surface area contributed by atoms with E-state index in [4.69, 9.17) is 88.3 Å². The second-order valence-electron chi connectivity index (χ2n) is 31.0. The number of sulfone groups is 1. The Labute approximate surface area is 855 Å². The van der Waals surface area contributed by atoms with E-state index in [9.17, 15) is 61.2 Å². The van der Waals surface area contributed by atoms with E-state index < -0.39 is 69.9 Å². The van der Waals surface area contributed by atoms with Crippen LogP contribution in [-0.4, -0.2) is 128 Å². The van der Waals surface area contributed by atoms with Crippen molar-refractivity contribution in [2.24, 2.45) is 0 Å². The molecule has 0 spiro atoms. The number of carbonyl (C=O) groups is 2. The van der Waals surface area contributed by atoms with Gasteiger partial charge in [0, 0.05) is 138 Å². The minimum absolute atomic E-state index is 0.00741. The predicted molar refractivity (Wildman–Crippen MR) is 547 cm³/mol. The van der Waals surface area contributed by atoms with Crippen molar-refractivity contribution in [3.63, 3.8) is 0 Å². The molecule has 17 rings (SSSR count). The number of rotatable bonds is 22. The number of fused-ring (bicyclic) bond motifs is 4. The summed E-state index contributed by atoms with van der Waals surface area (Å²) in [5, 5.41) is 26.5. The average Bonchev–Trinajstić information content (AvgIpc) is 1.70. The van der Waals surface area contributed by atoms with Gasteiger partial charge in [0.05, 0.1) is 66.5 Å². The number of thioether (sulfide) groups is 1. The van der Waals surface area contributed by atoms with Crippen LogP contribution in [0.2, 0.25) is 15.5 Å². The zero-order valence-corrected chi connectivity index (χ0v) is 86.8. The van der Waals surface area contributed by atoms with Crippen LogP contribution in [0.25, 0.3) is 54.3 Å². The summed E-state index contributed by atoms with van der Waals surface area (Å²) in [6.45, 7) is 15.6. The fourth-order valence-corrected chi connectivity index (χ4v) is 21.4. The van der Waals surface area contributed by atoms with Crippen molar-refractivity contribution in [3.05, 3.63) is 317 Å². The largest absolute Gasteiger partial charge is 0.569 e. The number of amides is 3. The second kappa shape index (κ2) is 48.1. The molecular weight excluding hydrogens is 2090 g/mol. The third-order valence-electron chi connectivity index (χ3n) is 21.3. The van der Waals surface area contributed by atoms with E-state index in [-0.39, 0.29) is 44.2 Å². The topological polar surface area (TPSA) is 315 Å². The SMILES string of the molecule is CC1(C)C(=O)N(Cl)C(=O)N1Cl.COc1cc(C(F)(F)F)ccc1-c1ncc(C)c2cc(S(=O)(=O)Cc3nccs3)ccc12.COc1cc(C(F)(F)F)ccc1O[B]O.COc1ccc(CN(c2nccs2)S(=O)(=O)c2ccc3c(Cl)ncc(C)c3c2)c(C)c1.COc1ccc(CNc2nccs2)c(C)c1.Cc1cnc(Cl)c2ccc(S(=O)(=O)Cl)cc12.Cc1cnc(Cl)c2ccc(SCc3ccccc3)cc12. The standard InChI is InChI=1S/C22H20ClN3O3S2.C22H17F3N2O3S2.C17H14ClNS.C12H14N2OS.C10H7Cl2NO2S.C8H7BF3O3.C5H6Cl2N2O2/c1-14-10-17(29-3)5-4-16(14)13-26(22-24-8-9-30-22)31(27,28)18-6-7-19-20(11-18)15(2)12-25-21(19)23;1-13-11-27-21(17-5-3-14(22(23,24)25)9-19(17)30-2)16-6-4-15(10-18(13)16)32(28,29)12-20-26-7-8-31-20;1-12-10-19-17(18)15-8-7-14(9-16(12)15)20-11-13-5-3-2-4-6-13;1-9-7-11(15-2)4-3-10(9)8-14-12-13-5-6-16-12;1-6-5-13-10(11)8-3-2-7(4-9(6)8)16(12,14)15;1-14-7-4-5(8(10,11)12)2-3-6(7)15-9-13;1-5(2)3(10)8(6)4(11)9(5)7/h4-12H,13H2,1-3H3;3-11H,12H2,1-2H3;2-10H,11H2,1H3;3-7H,8H2,1-2H3,(H,13,14);2-5H,1H3;2-4,13H,1H3;1-2H3. The molecule has 8 heterocycles. The number of methoxy groups -OCH3 is 4. The van der Waals surface area contributed by atoms with Gasteiger partial charge in [-0.15, -0.1) is 45.8 Å². The number of halogens is 12. The Hall–Kier alpha value is -11.4. The van der Waals surface area contributed by atoms with Gasteiger partial charge >= 0.3 is 26.1 Å². The number of hydrogen-bond acceptors (Lipinski definition) is 26. The molecule has 0 bridgehead atoms. The summed E-state index contributed by atoms with van der Waals surface area (Å²) in [5.74, 6) is 1.81. The number of sulfonamides is 1. The lowest BCUT2D eigenvalue weighted by molar-refractivity contribution is -0.138. The molecule has 45 heteroatoms. The number of ether oxygens (including phenoxy) is 4. The van der Waals surface area contributed by atoms with E-state index in [2.05, 4.69) is 112 Å². The average molecular weight is 2180 g/mol. The van der Waals surface area contributed by atoms with Gasteiger partial charge in [0.1, 0.15) is 54.8 Å². The lowest BCUT2D eigenvalue weighted by atomic mass is 9.99. The highest BCUT2D eigenvalue weighted by atomic mass is 35.7. The number of benzene rings is 9. The first-order valence-corrected chi connectivity index (χ1v) is 52.3. The number of imide groups is 1. The Morgan fingerprint density at radius 3 is 1.48 bits per heavy atom. The molecule has 1 aliphatic heterocycles. The molecule has 7 aromatic heterocycles. The first-order valence-electron chi connectivity index (χ1n) is 41.4. The lowest BCUT2D eigenvalue weighted by Crippen LogP contribution is -2.38. The van der Waals surface area contributed by atoms with Gasteiger partial charge in [-0.3, -0.25) is 9.78 Å². The fourth-order valence-electron chi connectivity index (χ4n) is 13.6. The predicted octanol–water partition coefficient (Wildman–Crippen LogP) is 25.7. The minimum atomic E-state index is -4.50. The molecule has 16 aromatic rings. The highest BCUT2D eigenvalue weighted by molar-refractivity contribution is 8.13. The van der Waals surface area contributed by atoms with Gasteiger partial charge in [-0.05, 0) is 248 Å². The van der Waals surface area contributed by atoms with Crippen molar-refractivity contribution < 1.29 is 89.8 Å². The Bertz CT molecular complexity index is 7540. The van der Waals surface area contributed by atoms with E-state index in [0.29, 0.717) is 70.5 Å². The van der Waals surface area contributed by atoms with Gasteiger partial charge in [-0.2, -0.15) is 30.8 Å². The summed E-state index contributed by atoms with van der Waals surface area (Å²) < 4.78 is 179. The maximum Gasteiger partial charge on any atom is 0.569 e. The van der Waals surface area contributed by atoms with Crippen LogP contribution in [0.3, 0.4) is 0 Å². The van der Waals surface area contributed by atoms with Crippen LogP contribution >= 0.6 is 115 Å². The quantitative estimate of drug-likeness (QED) is 0.0121. The minimum Gasteiger partial charge on any atom is -0.535 e. The first kappa shape index (κ1) is 110. The van der Waals surface area contributed by atoms with Crippen molar-refractivity contribution >= 4 is 217 Å². The summed E-state index contributed by atoms with van der Waals surface area (Å²) in [5.41, 5.74) is 7.28. The van der Waals surface area contributed by atoms with Crippen molar-refractivity contribution in [1.29, 1.82) is 0 Å². The molecular formula is C96H85BCl6F6N11O14S7. The third kappa shape index (κ3) is 27.9. The normalized spacial score (nSPS) is 12.4. The Morgan fingerprint density at radius 2 is 0.993 bits per heavy atom. The molecule has 3 amide bonds. The van der Waals surface area contributed by atoms with Crippen molar-refractivity contribution in [3.8, 4) is 40.0 Å². The van der Waals surface area contributed by atoms with Crippen molar-refractivity contribution in [2.45, 2.75) is 117 Å². The number of pyridine rings is 4. The molecule has 1 radical (unpaired) electrons. The molecule has 9 aromatic carbocycles. The summed E-state index contributed by atoms with van der Waals surface area (Å²) in [6, 6.07) is 47.8. The molecule has 1 fully saturated rings. The molecule has 737 valence electrons. The number of anilines is 2. The highest BCUT2D eigenvalue weighted by Crippen LogP contribution is 2.43. The van der Waals surface area contributed by atoms with Crippen LogP contribution in [-0.2, 0) is 70.7 Å². The molecule has 1 aliphatic rings. The number of urea groups is 1. The summed E-state index contributed by atoms with van der Waals surface area (Å²) in [6.07, 6.45) is 2.63. The number of alkyl halides is 6. The van der Waals surface area contributed by atoms with E-state index in [1.165, 1.54) is 106 Å². The van der Waals surface area contributed by atoms with Crippen LogP contribution in [0.15, 0.2) is 255 Å². The van der Waals surface area contributed by atoms with Gasteiger partial charge in [0.2, 0.25) is 0 Å². The highest BCUT2D eigenvalue weighted by Gasteiger charge is 2.51. The van der Waals surface area contributed by atoms with Crippen molar-refractivity contribution in [2.75, 3.05) is 38.1 Å². The van der Waals surface area contributed by atoms with Gasteiger partial charge in [0.15, 0.2) is 25.8 Å². The van der Waals surface area contributed by atoms with E-state index in [1.807, 2.05) is 80.5 Å². The summed E-state index contributed by atoms with van der Waals surface area (Å²) in [7, 11) is 0.193. The maximum absolute atomic E-state index is 13.7. The zero-order valence-electron chi connectivity index (χ0n) is 76.5. The van der Waals surface area contributed by atoms with E-state index in [1.54, 1.807) is 117 Å². The molecule has 2 N–H and O–H groups in total. The number of carbonyl (C=O) groups excluding carboxylic acids is 2. The van der Waals surface area contributed by atoms with Gasteiger partial charge in [-0.1, -0.05) is 89.4 Å². The van der Waals surface area contributed by atoms with E-state index in [0.717, 1.165) is 113 Å². The number of hydrogen-bond donors (Lipinski definition) is 2. The Kier molecular flexibility index (Phi) is 37.5. The maximum atomic E-state index is 13.7. The van der Waals surface area contributed by atoms with Crippen LogP contribution in [0.5, 0.6) is 28.7 Å². The molecule has 0 unspecified atom stereocenters.